The van der Waals surface area contributed by atoms with E-state index in [9.17, 15) is 0 Å². The third-order valence-corrected chi connectivity index (χ3v) is 1.36. The van der Waals surface area contributed by atoms with E-state index in [1.807, 2.05) is 0 Å². The van der Waals surface area contributed by atoms with Gasteiger partial charge >= 0.3 is 0 Å². The van der Waals surface area contributed by atoms with Crippen LogP contribution in [0.15, 0.2) is 12.2 Å². The van der Waals surface area contributed by atoms with Crippen molar-refractivity contribution < 1.29 is 0 Å². The molecular formula is C9H17. The van der Waals surface area contributed by atoms with Crippen LogP contribution in [0, 0.1) is 6.92 Å². The molecule has 0 nitrogen and oxygen atoms in total. The van der Waals surface area contributed by atoms with Crippen molar-refractivity contribution in [3.63, 3.8) is 0 Å². The van der Waals surface area contributed by atoms with Gasteiger partial charge in [-0.3, -0.25) is 0 Å². The van der Waals surface area contributed by atoms with Crippen molar-refractivity contribution in [3.8, 4) is 0 Å². The molecular weight excluding hydrogens is 108 g/mol. The summed E-state index contributed by atoms with van der Waals surface area (Å²) in [5, 5.41) is 0. The normalized spacial score (nSPS) is 10.9. The molecule has 0 saturated carbocycles. The minimum atomic E-state index is 1.09. The molecule has 0 unspecified atom stereocenters. The largest absolute Gasteiger partial charge is 0.0917 e. The molecule has 0 spiro atoms. The number of allylic oxidation sites excluding steroid dienone is 2. The standard InChI is InChI=1S/C9H17/c1-3-5-7-9-8-6-4-2/h4,6H,1,3,5,7-9H2,2H3/b6-4-. The minimum absolute atomic E-state index is 1.09. The van der Waals surface area contributed by atoms with E-state index < -0.39 is 0 Å². The molecule has 0 atom stereocenters. The fourth-order valence-corrected chi connectivity index (χ4v) is 0.782. The van der Waals surface area contributed by atoms with E-state index in [1.54, 1.807) is 0 Å². The van der Waals surface area contributed by atoms with Crippen LogP contribution in [-0.2, 0) is 0 Å². The fourth-order valence-electron chi connectivity index (χ4n) is 0.782. The predicted octanol–water partition coefficient (Wildman–Crippen LogP) is 3.35. The highest BCUT2D eigenvalue weighted by Gasteiger charge is 1.82. The number of hydrogen-bond acceptors (Lipinski definition) is 0. The summed E-state index contributed by atoms with van der Waals surface area (Å²) in [6, 6.07) is 0. The highest BCUT2D eigenvalue weighted by Crippen LogP contribution is 2.01. The van der Waals surface area contributed by atoms with E-state index >= 15 is 0 Å². The lowest BCUT2D eigenvalue weighted by Crippen LogP contribution is -1.72. The second kappa shape index (κ2) is 7.74. The van der Waals surface area contributed by atoms with Gasteiger partial charge in [0.05, 0.1) is 0 Å². The Morgan fingerprint density at radius 1 is 1.22 bits per heavy atom. The SMILES string of the molecule is [CH2]CCCCC/C=C\C. The molecule has 0 aliphatic carbocycles. The van der Waals surface area contributed by atoms with Crippen LogP contribution in [0.3, 0.4) is 0 Å². The monoisotopic (exact) mass is 125 g/mol. The van der Waals surface area contributed by atoms with Crippen molar-refractivity contribution in [2.75, 3.05) is 0 Å². The first kappa shape index (κ1) is 8.74. The van der Waals surface area contributed by atoms with E-state index in [1.165, 1.54) is 25.7 Å². The summed E-state index contributed by atoms with van der Waals surface area (Å²) in [6.45, 7) is 5.86. The van der Waals surface area contributed by atoms with Gasteiger partial charge < -0.3 is 0 Å². The van der Waals surface area contributed by atoms with Gasteiger partial charge in [0, 0.05) is 0 Å². The molecule has 0 rings (SSSR count). The first-order chi connectivity index (χ1) is 4.41. The lowest BCUT2D eigenvalue weighted by atomic mass is 10.1. The average molecular weight is 125 g/mol. The molecule has 1 radical (unpaired) electrons. The highest BCUT2D eigenvalue weighted by atomic mass is 13.9. The second-order valence-corrected chi connectivity index (χ2v) is 2.27. The van der Waals surface area contributed by atoms with Crippen molar-refractivity contribution >= 4 is 0 Å². The summed E-state index contributed by atoms with van der Waals surface area (Å²) in [6.07, 6.45) is 10.6. The number of rotatable bonds is 5. The third-order valence-electron chi connectivity index (χ3n) is 1.36. The van der Waals surface area contributed by atoms with Crippen LogP contribution in [0.2, 0.25) is 0 Å². The van der Waals surface area contributed by atoms with Gasteiger partial charge in [-0.2, -0.15) is 0 Å². The second-order valence-electron chi connectivity index (χ2n) is 2.27. The fraction of sp³-hybridized carbons (Fsp3) is 0.667. The predicted molar refractivity (Wildman–Crippen MR) is 43.3 cm³/mol. The van der Waals surface area contributed by atoms with E-state index in [-0.39, 0.29) is 0 Å². The van der Waals surface area contributed by atoms with Gasteiger partial charge in [-0.15, -0.1) is 0 Å². The van der Waals surface area contributed by atoms with Crippen LogP contribution in [0.4, 0.5) is 0 Å². The zero-order chi connectivity index (χ0) is 6.95. The zero-order valence-electron chi connectivity index (χ0n) is 6.40. The van der Waals surface area contributed by atoms with Gasteiger partial charge in [-0.1, -0.05) is 38.3 Å². The van der Waals surface area contributed by atoms with Crippen molar-refractivity contribution in [1.29, 1.82) is 0 Å². The summed E-state index contributed by atoms with van der Waals surface area (Å²) in [4.78, 5) is 0. The molecule has 0 fully saturated rings. The Bertz CT molecular complexity index is 62.4. The molecule has 0 N–H and O–H groups in total. The molecule has 0 amide bonds. The molecule has 0 aliphatic rings. The van der Waals surface area contributed by atoms with Gasteiger partial charge in [0.1, 0.15) is 0 Å². The molecule has 9 heavy (non-hydrogen) atoms. The Labute approximate surface area is 59.0 Å². The lowest BCUT2D eigenvalue weighted by molar-refractivity contribution is 0.695. The summed E-state index contributed by atoms with van der Waals surface area (Å²) in [5.74, 6) is 0. The first-order valence-electron chi connectivity index (χ1n) is 3.82. The van der Waals surface area contributed by atoms with Gasteiger partial charge in [-0.05, 0) is 19.8 Å². The van der Waals surface area contributed by atoms with E-state index in [4.69, 9.17) is 0 Å². The Morgan fingerprint density at radius 2 is 2.00 bits per heavy atom. The van der Waals surface area contributed by atoms with Crippen molar-refractivity contribution in [3.05, 3.63) is 19.1 Å². The Balaban J connectivity index is 2.75. The van der Waals surface area contributed by atoms with Crippen LogP contribution < -0.4 is 0 Å². The van der Waals surface area contributed by atoms with E-state index in [0.29, 0.717) is 0 Å². The minimum Gasteiger partial charge on any atom is -0.0917 e. The molecule has 0 aromatic heterocycles. The maximum Gasteiger partial charge on any atom is -0.0351 e. The van der Waals surface area contributed by atoms with Gasteiger partial charge in [0.25, 0.3) is 0 Å². The Hall–Kier alpha value is -0.260. The third kappa shape index (κ3) is 7.74. The Kier molecular flexibility index (Phi) is 7.52. The zero-order valence-corrected chi connectivity index (χ0v) is 6.40. The topological polar surface area (TPSA) is 0 Å². The quantitative estimate of drug-likeness (QED) is 0.390. The number of unbranched alkanes of at least 4 members (excludes halogenated alkanes) is 4. The van der Waals surface area contributed by atoms with E-state index in [0.717, 1.165) is 6.42 Å². The maximum atomic E-state index is 3.79. The molecule has 0 aliphatic heterocycles. The molecule has 0 bridgehead atoms. The van der Waals surface area contributed by atoms with Gasteiger partial charge in [-0.25, -0.2) is 0 Å². The van der Waals surface area contributed by atoms with Crippen LogP contribution in [-0.4, -0.2) is 0 Å². The first-order valence-corrected chi connectivity index (χ1v) is 3.82. The molecule has 0 heterocycles. The summed E-state index contributed by atoms with van der Waals surface area (Å²) >= 11 is 0. The van der Waals surface area contributed by atoms with Gasteiger partial charge in [0.15, 0.2) is 0 Å². The molecule has 0 aromatic carbocycles. The van der Waals surface area contributed by atoms with E-state index in [2.05, 4.69) is 26.0 Å². The Morgan fingerprint density at radius 3 is 2.56 bits per heavy atom. The smallest absolute Gasteiger partial charge is 0.0351 e. The lowest BCUT2D eigenvalue weighted by Gasteiger charge is -1.92. The molecule has 0 aromatic rings. The maximum absolute atomic E-state index is 3.79. The molecule has 0 saturated heterocycles. The van der Waals surface area contributed by atoms with Crippen molar-refractivity contribution in [1.82, 2.24) is 0 Å². The summed E-state index contributed by atoms with van der Waals surface area (Å²) in [7, 11) is 0. The van der Waals surface area contributed by atoms with Crippen molar-refractivity contribution in [2.24, 2.45) is 0 Å². The highest BCUT2D eigenvalue weighted by molar-refractivity contribution is 4.76. The summed E-state index contributed by atoms with van der Waals surface area (Å²) in [5.41, 5.74) is 0. The summed E-state index contributed by atoms with van der Waals surface area (Å²) < 4.78 is 0. The average Bonchev–Trinajstić information content (AvgIpc) is 1.89. The van der Waals surface area contributed by atoms with Crippen LogP contribution >= 0.6 is 0 Å². The number of hydrogen-bond donors (Lipinski definition) is 0. The van der Waals surface area contributed by atoms with Crippen molar-refractivity contribution in [2.45, 2.75) is 39.0 Å². The van der Waals surface area contributed by atoms with Crippen LogP contribution in [0.5, 0.6) is 0 Å². The van der Waals surface area contributed by atoms with Gasteiger partial charge in [0.2, 0.25) is 0 Å². The van der Waals surface area contributed by atoms with Crippen LogP contribution in [0.25, 0.3) is 0 Å². The molecule has 0 heteroatoms. The molecule has 53 valence electrons. The van der Waals surface area contributed by atoms with Crippen LogP contribution in [0.1, 0.15) is 39.0 Å².